The monoisotopic (exact) mass is 270 g/mol. The van der Waals surface area contributed by atoms with Crippen molar-refractivity contribution in [3.63, 3.8) is 0 Å². The van der Waals surface area contributed by atoms with Crippen LogP contribution in [0.1, 0.15) is 0 Å². The Bertz CT molecular complexity index is 846. The van der Waals surface area contributed by atoms with E-state index in [9.17, 15) is 9.90 Å². The van der Waals surface area contributed by atoms with Crippen molar-refractivity contribution in [2.75, 3.05) is 7.11 Å². The van der Waals surface area contributed by atoms with Gasteiger partial charge in [0.2, 0.25) is 0 Å². The topological polar surface area (TPSA) is 67.2 Å². The largest absolute Gasteiger partial charge is 0.504 e. The highest BCUT2D eigenvalue weighted by atomic mass is 16.5. The van der Waals surface area contributed by atoms with Gasteiger partial charge in [0.1, 0.15) is 0 Å². The summed E-state index contributed by atoms with van der Waals surface area (Å²) in [6, 6.07) is 8.89. The van der Waals surface area contributed by atoms with Crippen LogP contribution in [0, 0.1) is 0 Å². The minimum Gasteiger partial charge on any atom is -0.504 e. The molecule has 0 unspecified atom stereocenters. The number of nitrogens with one attached hydrogen (secondary N) is 1. The fourth-order valence-electron chi connectivity index (χ4n) is 2.38. The maximum Gasteiger partial charge on any atom is 0.252 e. The summed E-state index contributed by atoms with van der Waals surface area (Å²) in [6.45, 7) is 0. The molecule has 20 heavy (non-hydrogen) atoms. The third kappa shape index (κ3) is 1.84. The molecule has 0 aliphatic carbocycles. The number of aromatic amines is 1. The van der Waals surface area contributed by atoms with Crippen molar-refractivity contribution in [2.45, 2.75) is 0 Å². The van der Waals surface area contributed by atoms with Crippen molar-refractivity contribution in [1.82, 2.24) is 9.55 Å². The molecule has 0 saturated heterocycles. The van der Waals surface area contributed by atoms with Crippen molar-refractivity contribution in [3.8, 4) is 22.8 Å². The number of nitrogens with zero attached hydrogens (tertiary/aromatic N) is 1. The number of ether oxygens (including phenoxy) is 1. The van der Waals surface area contributed by atoms with Gasteiger partial charge in [0.25, 0.3) is 5.56 Å². The van der Waals surface area contributed by atoms with Crippen LogP contribution in [-0.2, 0) is 7.05 Å². The zero-order chi connectivity index (χ0) is 14.3. The van der Waals surface area contributed by atoms with Crippen molar-refractivity contribution in [3.05, 3.63) is 46.9 Å². The number of aromatic nitrogens is 2. The predicted molar refractivity (Wildman–Crippen MR) is 77.2 cm³/mol. The van der Waals surface area contributed by atoms with Crippen LogP contribution in [-0.4, -0.2) is 21.8 Å². The summed E-state index contributed by atoms with van der Waals surface area (Å²) in [5, 5.41) is 10.9. The molecular formula is C15H14N2O3. The van der Waals surface area contributed by atoms with Gasteiger partial charge in [-0.3, -0.25) is 4.79 Å². The van der Waals surface area contributed by atoms with E-state index in [0.29, 0.717) is 5.69 Å². The van der Waals surface area contributed by atoms with Crippen LogP contribution in [0.4, 0.5) is 0 Å². The van der Waals surface area contributed by atoms with Crippen molar-refractivity contribution in [2.24, 2.45) is 7.05 Å². The average molecular weight is 270 g/mol. The number of aromatic hydroxyl groups is 1. The van der Waals surface area contributed by atoms with Gasteiger partial charge >= 0.3 is 0 Å². The third-order valence-corrected chi connectivity index (χ3v) is 3.35. The highest BCUT2D eigenvalue weighted by Gasteiger charge is 2.13. The van der Waals surface area contributed by atoms with E-state index in [1.807, 2.05) is 42.1 Å². The van der Waals surface area contributed by atoms with E-state index >= 15 is 0 Å². The number of pyridine rings is 1. The molecule has 2 heterocycles. The van der Waals surface area contributed by atoms with Gasteiger partial charge < -0.3 is 19.4 Å². The standard InChI is InChI=1S/C15H14N2O3/c1-17-6-5-9-7-10(3-4-11(9)17)14-15(20-2)12(18)8-13(19)16-14/h3-8H,1-2H3,(H2,16,18,19). The molecule has 102 valence electrons. The SMILES string of the molecule is COc1c(O)cc(=O)[nH]c1-c1ccc2c(ccn2C)c1. The molecule has 0 radical (unpaired) electrons. The van der Waals surface area contributed by atoms with Gasteiger partial charge in [0.15, 0.2) is 11.5 Å². The maximum atomic E-state index is 11.5. The van der Waals surface area contributed by atoms with Crippen LogP contribution in [0.3, 0.4) is 0 Å². The summed E-state index contributed by atoms with van der Waals surface area (Å²) >= 11 is 0. The van der Waals surface area contributed by atoms with Gasteiger partial charge in [-0.1, -0.05) is 6.07 Å². The first-order chi connectivity index (χ1) is 9.60. The van der Waals surface area contributed by atoms with Gasteiger partial charge in [-0.05, 0) is 18.2 Å². The molecule has 1 aromatic carbocycles. The number of methoxy groups -OCH3 is 1. The molecule has 0 atom stereocenters. The molecule has 2 aromatic heterocycles. The summed E-state index contributed by atoms with van der Waals surface area (Å²) in [6.07, 6.45) is 1.97. The van der Waals surface area contributed by atoms with E-state index in [-0.39, 0.29) is 17.1 Å². The Balaban J connectivity index is 2.27. The fraction of sp³-hybridized carbons (Fsp3) is 0.133. The quantitative estimate of drug-likeness (QED) is 0.750. The lowest BCUT2D eigenvalue weighted by atomic mass is 10.1. The van der Waals surface area contributed by atoms with Crippen molar-refractivity contribution < 1.29 is 9.84 Å². The van der Waals surface area contributed by atoms with Crippen molar-refractivity contribution in [1.29, 1.82) is 0 Å². The lowest BCUT2D eigenvalue weighted by Crippen LogP contribution is -2.06. The van der Waals surface area contributed by atoms with E-state index in [0.717, 1.165) is 22.5 Å². The molecule has 0 amide bonds. The Morgan fingerprint density at radius 1 is 1.25 bits per heavy atom. The zero-order valence-electron chi connectivity index (χ0n) is 11.2. The summed E-state index contributed by atoms with van der Waals surface area (Å²) in [5.41, 5.74) is 1.98. The zero-order valence-corrected chi connectivity index (χ0v) is 11.2. The average Bonchev–Trinajstić information content (AvgIpc) is 2.79. The van der Waals surface area contributed by atoms with E-state index < -0.39 is 0 Å². The third-order valence-electron chi connectivity index (χ3n) is 3.35. The van der Waals surface area contributed by atoms with Crippen LogP contribution in [0.2, 0.25) is 0 Å². The minimum absolute atomic E-state index is 0.167. The predicted octanol–water partition coefficient (Wildman–Crippen LogP) is 2.25. The molecule has 3 aromatic rings. The Hall–Kier alpha value is -2.69. The number of hydrogen-bond acceptors (Lipinski definition) is 3. The number of fused-ring (bicyclic) bond motifs is 1. The Morgan fingerprint density at radius 3 is 2.80 bits per heavy atom. The molecule has 0 bridgehead atoms. The summed E-state index contributed by atoms with van der Waals surface area (Å²) in [5.74, 6) is 0.0966. The summed E-state index contributed by atoms with van der Waals surface area (Å²) in [4.78, 5) is 14.3. The maximum absolute atomic E-state index is 11.5. The summed E-state index contributed by atoms with van der Waals surface area (Å²) in [7, 11) is 3.43. The molecule has 5 heteroatoms. The molecule has 0 aliphatic heterocycles. The van der Waals surface area contributed by atoms with Gasteiger partial charge in [-0.25, -0.2) is 0 Å². The van der Waals surface area contributed by atoms with Crippen LogP contribution in [0.25, 0.3) is 22.2 Å². The number of aryl methyl sites for hydroxylation is 1. The number of H-pyrrole nitrogens is 1. The highest BCUT2D eigenvalue weighted by molar-refractivity contribution is 5.86. The van der Waals surface area contributed by atoms with Crippen LogP contribution < -0.4 is 10.3 Å². The number of rotatable bonds is 2. The van der Waals surface area contributed by atoms with E-state index in [1.54, 1.807) is 0 Å². The molecule has 0 spiro atoms. The first-order valence-electron chi connectivity index (χ1n) is 6.16. The lowest BCUT2D eigenvalue weighted by molar-refractivity contribution is 0.372. The molecule has 5 nitrogen and oxygen atoms in total. The molecule has 0 saturated carbocycles. The van der Waals surface area contributed by atoms with Gasteiger partial charge in [0, 0.05) is 35.8 Å². The fourth-order valence-corrected chi connectivity index (χ4v) is 2.38. The molecular weight excluding hydrogens is 256 g/mol. The van der Waals surface area contributed by atoms with Crippen LogP contribution in [0.15, 0.2) is 41.3 Å². The molecule has 0 fully saturated rings. The highest BCUT2D eigenvalue weighted by Crippen LogP contribution is 2.35. The van der Waals surface area contributed by atoms with E-state index in [4.69, 9.17) is 4.74 Å². The second kappa shape index (κ2) is 4.45. The summed E-state index contributed by atoms with van der Waals surface area (Å²) < 4.78 is 7.19. The second-order valence-electron chi connectivity index (χ2n) is 4.63. The van der Waals surface area contributed by atoms with E-state index in [1.165, 1.54) is 7.11 Å². The Labute approximate surface area is 115 Å². The number of hydrogen-bond donors (Lipinski definition) is 2. The minimum atomic E-state index is -0.369. The van der Waals surface area contributed by atoms with Gasteiger partial charge in [-0.15, -0.1) is 0 Å². The first kappa shape index (κ1) is 12.3. The molecule has 3 rings (SSSR count). The van der Waals surface area contributed by atoms with Crippen LogP contribution in [0.5, 0.6) is 11.5 Å². The van der Waals surface area contributed by atoms with Gasteiger partial charge in [0.05, 0.1) is 12.8 Å². The first-order valence-corrected chi connectivity index (χ1v) is 6.16. The Morgan fingerprint density at radius 2 is 2.05 bits per heavy atom. The van der Waals surface area contributed by atoms with E-state index in [2.05, 4.69) is 4.98 Å². The lowest BCUT2D eigenvalue weighted by Gasteiger charge is -2.10. The smallest absolute Gasteiger partial charge is 0.252 e. The second-order valence-corrected chi connectivity index (χ2v) is 4.63. The molecule has 0 aliphatic rings. The molecule has 2 N–H and O–H groups in total. The van der Waals surface area contributed by atoms with Crippen molar-refractivity contribution >= 4 is 10.9 Å². The normalized spacial score (nSPS) is 10.9. The van der Waals surface area contributed by atoms with Crippen LogP contribution >= 0.6 is 0 Å². The Kier molecular flexibility index (Phi) is 2.75. The number of benzene rings is 1. The van der Waals surface area contributed by atoms with Gasteiger partial charge in [-0.2, -0.15) is 0 Å².